The standard InChI is InChI=1S/C22H21N7O2S/c1-28-15-17(14-24-28)32(30,31)27-22-21(25-18-7-3-4-8-19(18)26-22)23-11-13-29-12-10-16-6-2-5-9-20(16)29/h2-10,12,14-15H,11,13H2,1H3,(H,23,25)(H,26,27). The molecule has 0 spiro atoms. The minimum absolute atomic E-state index is 0.0553. The Morgan fingerprint density at radius 2 is 1.66 bits per heavy atom. The number of rotatable bonds is 7. The molecule has 0 unspecified atom stereocenters. The Balaban J connectivity index is 1.43. The summed E-state index contributed by atoms with van der Waals surface area (Å²) < 4.78 is 31.8. The molecule has 3 heterocycles. The zero-order valence-corrected chi connectivity index (χ0v) is 18.1. The number of para-hydroxylation sites is 3. The van der Waals surface area contributed by atoms with Gasteiger partial charge in [-0.25, -0.2) is 18.4 Å². The lowest BCUT2D eigenvalue weighted by atomic mass is 10.2. The third-order valence-corrected chi connectivity index (χ3v) is 6.41. The molecule has 0 saturated carbocycles. The lowest BCUT2D eigenvalue weighted by molar-refractivity contribution is 0.601. The topological polar surface area (TPSA) is 107 Å². The van der Waals surface area contributed by atoms with Gasteiger partial charge in [-0.15, -0.1) is 0 Å². The van der Waals surface area contributed by atoms with E-state index in [1.807, 2.05) is 36.5 Å². The second kappa shape index (κ2) is 7.97. The molecule has 0 bridgehead atoms. The zero-order valence-electron chi connectivity index (χ0n) is 17.3. The van der Waals surface area contributed by atoms with Gasteiger partial charge in [-0.3, -0.25) is 9.40 Å². The van der Waals surface area contributed by atoms with Crippen LogP contribution < -0.4 is 10.0 Å². The minimum Gasteiger partial charge on any atom is -0.365 e. The average Bonchev–Trinajstić information content (AvgIpc) is 3.41. The molecule has 5 rings (SSSR count). The van der Waals surface area contributed by atoms with Gasteiger partial charge in [-0.2, -0.15) is 5.10 Å². The van der Waals surface area contributed by atoms with Gasteiger partial charge < -0.3 is 9.88 Å². The summed E-state index contributed by atoms with van der Waals surface area (Å²) in [5.41, 5.74) is 2.40. The molecule has 0 aliphatic carbocycles. The van der Waals surface area contributed by atoms with E-state index in [0.717, 1.165) is 5.52 Å². The SMILES string of the molecule is Cn1cc(S(=O)(=O)Nc2nc3ccccc3nc2NCCn2ccc3ccccc32)cn1. The van der Waals surface area contributed by atoms with Crippen LogP contribution in [-0.2, 0) is 23.6 Å². The summed E-state index contributed by atoms with van der Waals surface area (Å²) in [7, 11) is -2.20. The van der Waals surface area contributed by atoms with Crippen LogP contribution in [-0.4, -0.2) is 39.3 Å². The fourth-order valence-electron chi connectivity index (χ4n) is 3.55. The van der Waals surface area contributed by atoms with Gasteiger partial charge in [-0.05, 0) is 29.7 Å². The highest BCUT2D eigenvalue weighted by molar-refractivity contribution is 7.92. The van der Waals surface area contributed by atoms with Crippen LogP contribution >= 0.6 is 0 Å². The van der Waals surface area contributed by atoms with Crippen LogP contribution in [0.4, 0.5) is 11.6 Å². The van der Waals surface area contributed by atoms with Crippen molar-refractivity contribution in [1.29, 1.82) is 0 Å². The fraction of sp³-hybridized carbons (Fsp3) is 0.136. The lowest BCUT2D eigenvalue weighted by Crippen LogP contribution is -2.18. The van der Waals surface area contributed by atoms with Crippen LogP contribution in [0.3, 0.4) is 0 Å². The van der Waals surface area contributed by atoms with Crippen molar-refractivity contribution >= 4 is 43.6 Å². The molecule has 0 atom stereocenters. The van der Waals surface area contributed by atoms with Crippen molar-refractivity contribution in [1.82, 2.24) is 24.3 Å². The van der Waals surface area contributed by atoms with E-state index in [1.165, 1.54) is 22.5 Å². The number of benzene rings is 2. The van der Waals surface area contributed by atoms with Crippen molar-refractivity contribution in [2.75, 3.05) is 16.6 Å². The van der Waals surface area contributed by atoms with Crippen molar-refractivity contribution in [3.8, 4) is 0 Å². The number of nitrogens with one attached hydrogen (secondary N) is 2. The largest absolute Gasteiger partial charge is 0.365 e. The van der Waals surface area contributed by atoms with Crippen LogP contribution in [0.2, 0.25) is 0 Å². The smallest absolute Gasteiger partial charge is 0.266 e. The van der Waals surface area contributed by atoms with Gasteiger partial charge >= 0.3 is 0 Å². The Labute approximate surface area is 184 Å². The van der Waals surface area contributed by atoms with Crippen LogP contribution in [0.5, 0.6) is 0 Å². The second-order valence-corrected chi connectivity index (χ2v) is 9.04. The molecule has 2 aromatic carbocycles. The molecule has 10 heteroatoms. The van der Waals surface area contributed by atoms with E-state index in [0.29, 0.717) is 29.9 Å². The van der Waals surface area contributed by atoms with E-state index in [-0.39, 0.29) is 10.7 Å². The van der Waals surface area contributed by atoms with E-state index >= 15 is 0 Å². The highest BCUT2D eigenvalue weighted by Crippen LogP contribution is 2.24. The number of fused-ring (bicyclic) bond motifs is 2. The van der Waals surface area contributed by atoms with Crippen LogP contribution in [0.1, 0.15) is 0 Å². The predicted molar refractivity (Wildman–Crippen MR) is 124 cm³/mol. The second-order valence-electron chi connectivity index (χ2n) is 7.36. The maximum Gasteiger partial charge on any atom is 0.266 e. The fourth-order valence-corrected chi connectivity index (χ4v) is 4.54. The normalized spacial score (nSPS) is 11.8. The average molecular weight is 448 g/mol. The number of aromatic nitrogens is 5. The summed E-state index contributed by atoms with van der Waals surface area (Å²) in [4.78, 5) is 9.17. The van der Waals surface area contributed by atoms with Crippen molar-refractivity contribution < 1.29 is 8.42 Å². The summed E-state index contributed by atoms with van der Waals surface area (Å²) in [6, 6.07) is 17.6. The van der Waals surface area contributed by atoms with Crippen molar-refractivity contribution in [3.63, 3.8) is 0 Å². The summed E-state index contributed by atoms with van der Waals surface area (Å²) in [6.07, 6.45) is 4.76. The third-order valence-electron chi connectivity index (χ3n) is 5.12. The Bertz CT molecular complexity index is 1520. The predicted octanol–water partition coefficient (Wildman–Crippen LogP) is 3.23. The molecular weight excluding hydrogens is 426 g/mol. The van der Waals surface area contributed by atoms with Gasteiger partial charge in [0.1, 0.15) is 4.90 Å². The maximum absolute atomic E-state index is 12.8. The van der Waals surface area contributed by atoms with E-state index in [9.17, 15) is 8.42 Å². The molecule has 9 nitrogen and oxygen atoms in total. The van der Waals surface area contributed by atoms with Crippen LogP contribution in [0, 0.1) is 0 Å². The third kappa shape index (κ3) is 3.87. The summed E-state index contributed by atoms with van der Waals surface area (Å²) >= 11 is 0. The molecule has 0 fully saturated rings. The quantitative estimate of drug-likeness (QED) is 0.397. The van der Waals surface area contributed by atoms with Crippen molar-refractivity contribution in [2.45, 2.75) is 11.4 Å². The maximum atomic E-state index is 12.8. The molecule has 0 aliphatic rings. The molecule has 3 aromatic heterocycles. The first-order valence-electron chi connectivity index (χ1n) is 10.1. The van der Waals surface area contributed by atoms with Gasteiger partial charge in [0, 0.05) is 38.0 Å². The van der Waals surface area contributed by atoms with Crippen LogP contribution in [0.15, 0.2) is 78.1 Å². The zero-order chi connectivity index (χ0) is 22.1. The number of sulfonamides is 1. The monoisotopic (exact) mass is 447 g/mol. The van der Waals surface area contributed by atoms with E-state index < -0.39 is 10.0 Å². The van der Waals surface area contributed by atoms with Crippen molar-refractivity contribution in [3.05, 3.63) is 73.2 Å². The van der Waals surface area contributed by atoms with E-state index in [2.05, 4.69) is 47.9 Å². The molecule has 2 N–H and O–H groups in total. The first-order valence-corrected chi connectivity index (χ1v) is 11.5. The van der Waals surface area contributed by atoms with E-state index in [1.54, 1.807) is 13.1 Å². The highest BCUT2D eigenvalue weighted by Gasteiger charge is 2.20. The van der Waals surface area contributed by atoms with Gasteiger partial charge in [0.15, 0.2) is 11.6 Å². The number of anilines is 2. The Kier molecular flexibility index (Phi) is 4.98. The van der Waals surface area contributed by atoms with Gasteiger partial charge in [-0.1, -0.05) is 30.3 Å². The Hall–Kier alpha value is -3.92. The molecule has 162 valence electrons. The number of hydrogen-bond acceptors (Lipinski definition) is 6. The highest BCUT2D eigenvalue weighted by atomic mass is 32.2. The first kappa shape index (κ1) is 20.0. The summed E-state index contributed by atoms with van der Waals surface area (Å²) in [5.74, 6) is 0.512. The van der Waals surface area contributed by atoms with Gasteiger partial charge in [0.05, 0.1) is 17.2 Å². The molecule has 32 heavy (non-hydrogen) atoms. The van der Waals surface area contributed by atoms with E-state index in [4.69, 9.17) is 0 Å². The van der Waals surface area contributed by atoms with Crippen molar-refractivity contribution in [2.24, 2.45) is 7.05 Å². The number of hydrogen-bond donors (Lipinski definition) is 2. The molecule has 0 aliphatic heterocycles. The Morgan fingerprint density at radius 3 is 2.41 bits per heavy atom. The lowest BCUT2D eigenvalue weighted by Gasteiger charge is -2.14. The molecule has 5 aromatic rings. The van der Waals surface area contributed by atoms with Gasteiger partial charge in [0.2, 0.25) is 0 Å². The Morgan fingerprint density at radius 1 is 0.938 bits per heavy atom. The van der Waals surface area contributed by atoms with Crippen LogP contribution in [0.25, 0.3) is 21.9 Å². The summed E-state index contributed by atoms with van der Waals surface area (Å²) in [6.45, 7) is 1.21. The number of nitrogens with zero attached hydrogens (tertiary/aromatic N) is 5. The molecule has 0 amide bonds. The molecule has 0 saturated heterocycles. The molecule has 0 radical (unpaired) electrons. The molecular formula is C22H21N7O2S. The summed E-state index contributed by atoms with van der Waals surface area (Å²) in [5, 5.41) is 8.36. The van der Waals surface area contributed by atoms with Gasteiger partial charge in [0.25, 0.3) is 10.0 Å². The first-order chi connectivity index (χ1) is 15.5. The minimum atomic E-state index is -3.86. The number of aryl methyl sites for hydroxylation is 1.